The third-order valence-electron chi connectivity index (χ3n) is 1.39. The van der Waals surface area contributed by atoms with E-state index in [1.54, 1.807) is 0 Å². The first-order valence-electron chi connectivity index (χ1n) is 3.33. The maximum Gasteiger partial charge on any atom is 0.350 e. The SMILES string of the molecule is C=CC(=O)OC1C(=O)OCC1O. The molecule has 1 aliphatic heterocycles. The molecule has 2 atom stereocenters. The quantitative estimate of drug-likeness (QED) is 0.427. The third kappa shape index (κ3) is 1.62. The highest BCUT2D eigenvalue weighted by Gasteiger charge is 2.38. The summed E-state index contributed by atoms with van der Waals surface area (Å²) in [5.74, 6) is -1.48. The molecular formula is C7H8O5. The lowest BCUT2D eigenvalue weighted by Gasteiger charge is -2.08. The van der Waals surface area contributed by atoms with Crippen molar-refractivity contribution >= 4 is 11.9 Å². The lowest BCUT2D eigenvalue weighted by molar-refractivity contribution is -0.159. The second kappa shape index (κ2) is 3.36. The third-order valence-corrected chi connectivity index (χ3v) is 1.39. The van der Waals surface area contributed by atoms with Gasteiger partial charge >= 0.3 is 11.9 Å². The maximum absolute atomic E-state index is 10.7. The van der Waals surface area contributed by atoms with Crippen molar-refractivity contribution in [1.82, 2.24) is 0 Å². The van der Waals surface area contributed by atoms with Crippen molar-refractivity contribution in [2.24, 2.45) is 0 Å². The summed E-state index contributed by atoms with van der Waals surface area (Å²) < 4.78 is 8.93. The summed E-state index contributed by atoms with van der Waals surface area (Å²) in [6.07, 6.45) is -1.35. The number of ether oxygens (including phenoxy) is 2. The van der Waals surface area contributed by atoms with Gasteiger partial charge in [-0.25, -0.2) is 9.59 Å². The van der Waals surface area contributed by atoms with E-state index in [0.717, 1.165) is 6.08 Å². The maximum atomic E-state index is 10.7. The van der Waals surface area contributed by atoms with Gasteiger partial charge in [0.05, 0.1) is 0 Å². The van der Waals surface area contributed by atoms with Gasteiger partial charge in [0.2, 0.25) is 6.10 Å². The van der Waals surface area contributed by atoms with Gasteiger partial charge < -0.3 is 14.6 Å². The predicted octanol–water partition coefficient (Wildman–Crippen LogP) is -0.998. The molecule has 0 aromatic heterocycles. The van der Waals surface area contributed by atoms with Gasteiger partial charge in [-0.15, -0.1) is 0 Å². The van der Waals surface area contributed by atoms with Crippen molar-refractivity contribution in [1.29, 1.82) is 0 Å². The largest absolute Gasteiger partial charge is 0.460 e. The number of esters is 2. The molecule has 0 radical (unpaired) electrons. The van der Waals surface area contributed by atoms with Crippen LogP contribution in [0.15, 0.2) is 12.7 Å². The first kappa shape index (κ1) is 8.73. The highest BCUT2D eigenvalue weighted by atomic mass is 16.6. The Labute approximate surface area is 68.6 Å². The normalized spacial score (nSPS) is 27.9. The number of carbonyl (C=O) groups is 2. The Kier molecular flexibility index (Phi) is 2.44. The second-order valence-electron chi connectivity index (χ2n) is 2.26. The van der Waals surface area contributed by atoms with Crippen molar-refractivity contribution < 1.29 is 24.2 Å². The fraction of sp³-hybridized carbons (Fsp3) is 0.429. The Balaban J connectivity index is 2.55. The Morgan fingerprint density at radius 2 is 2.50 bits per heavy atom. The van der Waals surface area contributed by atoms with E-state index in [1.165, 1.54) is 0 Å². The molecule has 66 valence electrons. The predicted molar refractivity (Wildman–Crippen MR) is 37.0 cm³/mol. The van der Waals surface area contributed by atoms with Crippen molar-refractivity contribution in [3.8, 4) is 0 Å². The topological polar surface area (TPSA) is 72.8 Å². The summed E-state index contributed by atoms with van der Waals surface area (Å²) in [4.78, 5) is 21.3. The molecule has 0 spiro atoms. The van der Waals surface area contributed by atoms with Gasteiger partial charge in [-0.3, -0.25) is 0 Å². The van der Waals surface area contributed by atoms with Crippen LogP contribution >= 0.6 is 0 Å². The molecule has 0 aliphatic carbocycles. The Morgan fingerprint density at radius 3 is 2.92 bits per heavy atom. The summed E-state index contributed by atoms with van der Waals surface area (Å²) >= 11 is 0. The van der Waals surface area contributed by atoms with Crippen LogP contribution in [-0.4, -0.2) is 35.9 Å². The fourth-order valence-corrected chi connectivity index (χ4v) is 0.794. The molecule has 1 rings (SSSR count). The number of cyclic esters (lactones) is 1. The van der Waals surface area contributed by atoms with E-state index in [1.807, 2.05) is 0 Å². The standard InChI is InChI=1S/C7H8O5/c1-2-5(9)12-6-4(8)3-11-7(6)10/h2,4,6,8H,1,3H2. The van der Waals surface area contributed by atoms with Crippen molar-refractivity contribution in [2.45, 2.75) is 12.2 Å². The number of hydrogen-bond acceptors (Lipinski definition) is 5. The van der Waals surface area contributed by atoms with Gasteiger partial charge in [-0.2, -0.15) is 0 Å². The lowest BCUT2D eigenvalue weighted by atomic mass is 10.2. The smallest absolute Gasteiger partial charge is 0.350 e. The van der Waals surface area contributed by atoms with Crippen LogP contribution in [0.3, 0.4) is 0 Å². The fourth-order valence-electron chi connectivity index (χ4n) is 0.794. The van der Waals surface area contributed by atoms with E-state index < -0.39 is 24.1 Å². The molecule has 0 bridgehead atoms. The first-order chi connectivity index (χ1) is 5.65. The molecule has 5 heteroatoms. The summed E-state index contributed by atoms with van der Waals surface area (Å²) in [6.45, 7) is 3.01. The van der Waals surface area contributed by atoms with Gasteiger partial charge in [-0.05, 0) is 0 Å². The summed E-state index contributed by atoms with van der Waals surface area (Å²) in [5, 5.41) is 9.05. The molecule has 0 saturated carbocycles. The van der Waals surface area contributed by atoms with Gasteiger partial charge in [0, 0.05) is 6.08 Å². The van der Waals surface area contributed by atoms with Crippen LogP contribution in [0.5, 0.6) is 0 Å². The van der Waals surface area contributed by atoms with Gasteiger partial charge in [0.1, 0.15) is 12.7 Å². The molecule has 12 heavy (non-hydrogen) atoms. The van der Waals surface area contributed by atoms with Crippen molar-refractivity contribution in [2.75, 3.05) is 6.61 Å². The van der Waals surface area contributed by atoms with Crippen LogP contribution in [0.2, 0.25) is 0 Å². The molecule has 2 unspecified atom stereocenters. The molecule has 0 amide bonds. The van der Waals surface area contributed by atoms with E-state index >= 15 is 0 Å². The highest BCUT2D eigenvalue weighted by molar-refractivity contribution is 5.86. The number of aliphatic hydroxyl groups excluding tert-OH is 1. The number of aliphatic hydroxyl groups is 1. The van der Waals surface area contributed by atoms with E-state index in [-0.39, 0.29) is 6.61 Å². The molecule has 1 fully saturated rings. The van der Waals surface area contributed by atoms with E-state index in [4.69, 9.17) is 5.11 Å². The van der Waals surface area contributed by atoms with Gasteiger partial charge in [0.25, 0.3) is 0 Å². The zero-order valence-electron chi connectivity index (χ0n) is 6.23. The van der Waals surface area contributed by atoms with Crippen LogP contribution in [0.1, 0.15) is 0 Å². The van der Waals surface area contributed by atoms with Crippen molar-refractivity contribution in [3.05, 3.63) is 12.7 Å². The number of rotatable bonds is 2. The molecule has 1 heterocycles. The summed E-state index contributed by atoms with van der Waals surface area (Å²) in [7, 11) is 0. The molecule has 1 saturated heterocycles. The lowest BCUT2D eigenvalue weighted by Crippen LogP contribution is -2.31. The van der Waals surface area contributed by atoms with Crippen LogP contribution < -0.4 is 0 Å². The molecule has 1 aliphatic rings. The van der Waals surface area contributed by atoms with E-state index in [9.17, 15) is 9.59 Å². The monoisotopic (exact) mass is 172 g/mol. The second-order valence-corrected chi connectivity index (χ2v) is 2.26. The first-order valence-corrected chi connectivity index (χ1v) is 3.33. The molecule has 0 aromatic carbocycles. The average molecular weight is 172 g/mol. The van der Waals surface area contributed by atoms with Crippen LogP contribution in [0, 0.1) is 0 Å². The van der Waals surface area contributed by atoms with Crippen LogP contribution in [-0.2, 0) is 19.1 Å². The molecule has 5 nitrogen and oxygen atoms in total. The summed E-state index contributed by atoms with van der Waals surface area (Å²) in [6, 6.07) is 0. The van der Waals surface area contributed by atoms with Crippen LogP contribution in [0.4, 0.5) is 0 Å². The minimum absolute atomic E-state index is 0.131. The van der Waals surface area contributed by atoms with E-state index in [2.05, 4.69) is 16.1 Å². The highest BCUT2D eigenvalue weighted by Crippen LogP contribution is 2.11. The van der Waals surface area contributed by atoms with Crippen molar-refractivity contribution in [3.63, 3.8) is 0 Å². The Morgan fingerprint density at radius 1 is 1.83 bits per heavy atom. The Bertz CT molecular complexity index is 222. The zero-order chi connectivity index (χ0) is 9.14. The molecular weight excluding hydrogens is 164 g/mol. The van der Waals surface area contributed by atoms with E-state index in [0.29, 0.717) is 0 Å². The minimum atomic E-state index is -1.20. The summed E-state index contributed by atoms with van der Waals surface area (Å²) in [5.41, 5.74) is 0. The van der Waals surface area contributed by atoms with Crippen LogP contribution in [0.25, 0.3) is 0 Å². The Hall–Kier alpha value is -1.36. The number of carbonyl (C=O) groups excluding carboxylic acids is 2. The minimum Gasteiger partial charge on any atom is -0.460 e. The zero-order valence-corrected chi connectivity index (χ0v) is 6.23. The number of hydrogen-bond donors (Lipinski definition) is 1. The van der Waals surface area contributed by atoms with Gasteiger partial charge in [0.15, 0.2) is 0 Å². The molecule has 1 N–H and O–H groups in total. The average Bonchev–Trinajstić information content (AvgIpc) is 2.35. The molecule has 0 aromatic rings. The van der Waals surface area contributed by atoms with Gasteiger partial charge in [-0.1, -0.05) is 6.58 Å².